The summed E-state index contributed by atoms with van der Waals surface area (Å²) in [5.41, 5.74) is 2.56. The van der Waals surface area contributed by atoms with Crippen molar-refractivity contribution < 1.29 is 9.53 Å². The predicted octanol–water partition coefficient (Wildman–Crippen LogP) is 3.26. The zero-order valence-electron chi connectivity index (χ0n) is 14.3. The van der Waals surface area contributed by atoms with Crippen LogP contribution in [0.15, 0.2) is 47.5 Å². The summed E-state index contributed by atoms with van der Waals surface area (Å²) < 4.78 is 6.89. The molecule has 7 heteroatoms. The molecule has 0 spiro atoms. The Balaban J connectivity index is 1.65. The van der Waals surface area contributed by atoms with Crippen LogP contribution in [0.5, 0.6) is 5.75 Å². The second-order valence-electron chi connectivity index (χ2n) is 5.51. The normalized spacial score (nSPS) is 10.7. The Morgan fingerprint density at radius 2 is 2.00 bits per heavy atom. The van der Waals surface area contributed by atoms with Crippen molar-refractivity contribution in [2.75, 3.05) is 12.9 Å². The fourth-order valence-corrected chi connectivity index (χ4v) is 3.09. The maximum atomic E-state index is 12.3. The summed E-state index contributed by atoms with van der Waals surface area (Å²) in [5, 5.41) is 13.5. The lowest BCUT2D eigenvalue weighted by Crippen LogP contribution is -2.05. The summed E-state index contributed by atoms with van der Waals surface area (Å²) in [5.74, 6) is 1.65. The number of carbonyl (C=O) groups is 1. The number of methoxy groups -OCH3 is 1. The minimum absolute atomic E-state index is 0.0216. The number of rotatable bonds is 6. The van der Waals surface area contributed by atoms with Gasteiger partial charge in [0.25, 0.3) is 0 Å². The molecule has 0 saturated heterocycles. The van der Waals surface area contributed by atoms with Crippen molar-refractivity contribution in [1.29, 1.82) is 0 Å². The van der Waals surface area contributed by atoms with Gasteiger partial charge in [-0.25, -0.2) is 4.68 Å². The molecule has 0 fully saturated rings. The van der Waals surface area contributed by atoms with E-state index in [9.17, 15) is 4.79 Å². The first-order valence-corrected chi connectivity index (χ1v) is 8.73. The molecule has 3 rings (SSSR count). The van der Waals surface area contributed by atoms with Gasteiger partial charge in [-0.3, -0.25) is 4.79 Å². The van der Waals surface area contributed by atoms with Crippen LogP contribution in [0.4, 0.5) is 0 Å². The van der Waals surface area contributed by atoms with Crippen molar-refractivity contribution in [1.82, 2.24) is 20.0 Å². The highest BCUT2D eigenvalue weighted by Gasteiger charge is 2.10. The monoisotopic (exact) mass is 354 g/mol. The highest BCUT2D eigenvalue weighted by molar-refractivity contribution is 7.99. The number of carbonyl (C=O) groups excluding carboxylic acids is 1. The van der Waals surface area contributed by atoms with Gasteiger partial charge in [-0.15, -0.1) is 10.2 Å². The Hall–Kier alpha value is -2.67. The van der Waals surface area contributed by atoms with Crippen molar-refractivity contribution in [3.05, 3.63) is 59.4 Å². The van der Waals surface area contributed by atoms with E-state index in [1.807, 2.05) is 38.1 Å². The predicted molar refractivity (Wildman–Crippen MR) is 96.7 cm³/mol. The third-order valence-corrected chi connectivity index (χ3v) is 4.52. The number of ether oxygens (including phenoxy) is 1. The Bertz CT molecular complexity index is 890. The summed E-state index contributed by atoms with van der Waals surface area (Å²) in [4.78, 5) is 12.3. The molecule has 0 aliphatic heterocycles. The zero-order chi connectivity index (χ0) is 17.8. The number of thioether (sulfide) groups is 1. The van der Waals surface area contributed by atoms with E-state index in [1.165, 1.54) is 11.8 Å². The zero-order valence-corrected chi connectivity index (χ0v) is 15.1. The molecule has 1 aromatic carbocycles. The minimum Gasteiger partial charge on any atom is -0.497 e. The van der Waals surface area contributed by atoms with Crippen LogP contribution in [-0.2, 0) is 0 Å². The van der Waals surface area contributed by atoms with E-state index in [2.05, 4.69) is 15.3 Å². The summed E-state index contributed by atoms with van der Waals surface area (Å²) in [6, 6.07) is 12.8. The smallest absolute Gasteiger partial charge is 0.175 e. The lowest BCUT2D eigenvalue weighted by molar-refractivity contribution is 0.102. The van der Waals surface area contributed by atoms with Crippen LogP contribution in [0.1, 0.15) is 21.7 Å². The molecular weight excluding hydrogens is 336 g/mol. The molecule has 6 nitrogen and oxygen atoms in total. The molecule has 25 heavy (non-hydrogen) atoms. The van der Waals surface area contributed by atoms with Crippen LogP contribution in [0.25, 0.3) is 5.82 Å². The van der Waals surface area contributed by atoms with Crippen LogP contribution >= 0.6 is 11.8 Å². The fourth-order valence-electron chi connectivity index (χ4n) is 2.38. The number of hydrogen-bond acceptors (Lipinski definition) is 6. The quantitative estimate of drug-likeness (QED) is 0.500. The van der Waals surface area contributed by atoms with E-state index in [-0.39, 0.29) is 5.78 Å². The van der Waals surface area contributed by atoms with Gasteiger partial charge in [0.1, 0.15) is 10.8 Å². The van der Waals surface area contributed by atoms with Crippen molar-refractivity contribution >= 4 is 17.5 Å². The number of aryl methyl sites for hydroxylation is 2. The molecule has 0 aliphatic rings. The van der Waals surface area contributed by atoms with Crippen molar-refractivity contribution in [2.24, 2.45) is 0 Å². The van der Waals surface area contributed by atoms with Crippen molar-refractivity contribution in [3.8, 4) is 11.6 Å². The third kappa shape index (κ3) is 4.06. The van der Waals surface area contributed by atoms with Crippen molar-refractivity contribution in [2.45, 2.75) is 18.9 Å². The number of ketones is 1. The SMILES string of the molecule is COc1cccc(C(=O)CSc2ccc(-n3nc(C)cc3C)nn2)c1. The molecule has 0 bridgehead atoms. The molecule has 0 saturated carbocycles. The standard InChI is InChI=1S/C18H18N4O2S/c1-12-9-13(2)22(21-12)17-7-8-18(20-19-17)25-11-16(23)14-5-4-6-15(10-14)24-3/h4-10H,11H2,1-3H3. The molecule has 0 atom stereocenters. The lowest BCUT2D eigenvalue weighted by Gasteiger charge is -2.05. The number of aromatic nitrogens is 4. The van der Waals surface area contributed by atoms with Gasteiger partial charge in [0.15, 0.2) is 11.6 Å². The van der Waals surface area contributed by atoms with Gasteiger partial charge in [0, 0.05) is 11.3 Å². The van der Waals surface area contributed by atoms with Crippen molar-refractivity contribution in [3.63, 3.8) is 0 Å². The van der Waals surface area contributed by atoms with E-state index >= 15 is 0 Å². The Labute approximate surface area is 150 Å². The number of Topliss-reactive ketones (excluding diaryl/α,β-unsaturated/α-hetero) is 1. The van der Waals surface area contributed by atoms with Crippen LogP contribution in [0, 0.1) is 13.8 Å². The highest BCUT2D eigenvalue weighted by Crippen LogP contribution is 2.19. The molecule has 0 aliphatic carbocycles. The maximum absolute atomic E-state index is 12.3. The highest BCUT2D eigenvalue weighted by atomic mass is 32.2. The van der Waals surface area contributed by atoms with Crippen LogP contribution in [0.2, 0.25) is 0 Å². The molecular formula is C18H18N4O2S. The molecule has 0 radical (unpaired) electrons. The summed E-state index contributed by atoms with van der Waals surface area (Å²) in [6.07, 6.45) is 0. The minimum atomic E-state index is 0.0216. The third-order valence-electron chi connectivity index (χ3n) is 3.60. The van der Waals surface area contributed by atoms with Crippen LogP contribution < -0.4 is 4.74 Å². The first-order chi connectivity index (χ1) is 12.1. The number of nitrogens with zero attached hydrogens (tertiary/aromatic N) is 4. The lowest BCUT2D eigenvalue weighted by atomic mass is 10.1. The van der Waals surface area contributed by atoms with Crippen LogP contribution in [0.3, 0.4) is 0 Å². The van der Waals surface area contributed by atoms with E-state index in [0.717, 1.165) is 11.4 Å². The topological polar surface area (TPSA) is 69.9 Å². The largest absolute Gasteiger partial charge is 0.497 e. The second kappa shape index (κ2) is 7.48. The van der Waals surface area contributed by atoms with E-state index in [0.29, 0.717) is 27.9 Å². The van der Waals surface area contributed by atoms with Gasteiger partial charge in [-0.05, 0) is 44.2 Å². The Morgan fingerprint density at radius 1 is 1.16 bits per heavy atom. The average molecular weight is 354 g/mol. The van der Waals surface area contributed by atoms with Gasteiger partial charge >= 0.3 is 0 Å². The summed E-state index contributed by atoms with van der Waals surface area (Å²) in [6.45, 7) is 3.91. The fraction of sp³-hybridized carbons (Fsp3) is 0.222. The first-order valence-electron chi connectivity index (χ1n) is 7.74. The van der Waals surface area contributed by atoms with E-state index < -0.39 is 0 Å². The molecule has 3 aromatic rings. The van der Waals surface area contributed by atoms with E-state index in [1.54, 1.807) is 30.0 Å². The number of hydrogen-bond donors (Lipinski definition) is 0. The molecule has 2 heterocycles. The van der Waals surface area contributed by atoms with Gasteiger partial charge in [0.2, 0.25) is 0 Å². The number of benzene rings is 1. The van der Waals surface area contributed by atoms with E-state index in [4.69, 9.17) is 4.74 Å². The maximum Gasteiger partial charge on any atom is 0.175 e. The van der Waals surface area contributed by atoms with Gasteiger partial charge in [-0.1, -0.05) is 23.9 Å². The Kier molecular flexibility index (Phi) is 5.14. The molecule has 128 valence electrons. The van der Waals surface area contributed by atoms with Crippen LogP contribution in [-0.4, -0.2) is 38.6 Å². The van der Waals surface area contributed by atoms with Gasteiger partial charge in [-0.2, -0.15) is 5.10 Å². The van der Waals surface area contributed by atoms with Gasteiger partial charge < -0.3 is 4.74 Å². The second-order valence-corrected chi connectivity index (χ2v) is 6.51. The Morgan fingerprint density at radius 3 is 2.64 bits per heavy atom. The first kappa shape index (κ1) is 17.2. The molecule has 0 amide bonds. The molecule has 0 N–H and O–H groups in total. The summed E-state index contributed by atoms with van der Waals surface area (Å²) in [7, 11) is 1.58. The summed E-state index contributed by atoms with van der Waals surface area (Å²) >= 11 is 1.36. The average Bonchev–Trinajstić information content (AvgIpc) is 2.98. The molecule has 0 unspecified atom stereocenters. The van der Waals surface area contributed by atoms with Gasteiger partial charge in [0.05, 0.1) is 18.6 Å². The molecule has 2 aromatic heterocycles.